The van der Waals surface area contributed by atoms with Gasteiger partial charge in [0.15, 0.2) is 0 Å². The SMILES string of the molecule is CCOC(=O)C[C@H](C(=O)OCC)[C@@H](NC(=O)c1cc(C(F)(F)F)cc(C(F)(F)F)c1)C(=O)O. The fourth-order valence-corrected chi connectivity index (χ4v) is 2.63. The Hall–Kier alpha value is -3.32. The summed E-state index contributed by atoms with van der Waals surface area (Å²) in [5.74, 6) is -7.73. The van der Waals surface area contributed by atoms with Crippen molar-refractivity contribution in [2.75, 3.05) is 13.2 Å². The van der Waals surface area contributed by atoms with Crippen LogP contribution in [-0.2, 0) is 36.2 Å². The van der Waals surface area contributed by atoms with Gasteiger partial charge in [-0.1, -0.05) is 0 Å². The van der Waals surface area contributed by atoms with Crippen molar-refractivity contribution < 1.29 is 60.1 Å². The molecule has 2 N–H and O–H groups in total. The average Bonchev–Trinajstić information content (AvgIpc) is 2.68. The van der Waals surface area contributed by atoms with Crippen LogP contribution in [0.15, 0.2) is 18.2 Å². The smallest absolute Gasteiger partial charge is 0.416 e. The second kappa shape index (κ2) is 11.0. The molecule has 0 aliphatic rings. The van der Waals surface area contributed by atoms with Crippen LogP contribution < -0.4 is 5.32 Å². The number of carbonyl (C=O) groups excluding carboxylic acids is 3. The van der Waals surface area contributed by atoms with Crippen LogP contribution in [0.4, 0.5) is 26.3 Å². The molecule has 0 aliphatic carbocycles. The van der Waals surface area contributed by atoms with Gasteiger partial charge in [-0.25, -0.2) is 4.79 Å². The molecule has 0 spiro atoms. The van der Waals surface area contributed by atoms with Crippen molar-refractivity contribution in [3.8, 4) is 0 Å². The Morgan fingerprint density at radius 3 is 1.79 bits per heavy atom. The van der Waals surface area contributed by atoms with Gasteiger partial charge in [0.05, 0.1) is 36.7 Å². The molecule has 0 aliphatic heterocycles. The number of amides is 1. The lowest BCUT2D eigenvalue weighted by molar-refractivity contribution is -0.159. The standard InChI is InChI=1S/C19H19F6NO7/c1-3-32-13(27)8-12(17(31)33-4-2)14(16(29)30)26-15(28)9-5-10(18(20,21)22)7-11(6-9)19(23,24)25/h5-7,12,14H,3-4,8H2,1-2H3,(H,26,28)(H,29,30)/t12-,14+/m0/s1. The molecule has 1 aromatic rings. The average molecular weight is 487 g/mol. The third-order valence-electron chi connectivity index (χ3n) is 4.09. The first-order valence-electron chi connectivity index (χ1n) is 9.27. The highest BCUT2D eigenvalue weighted by molar-refractivity contribution is 5.98. The Balaban J connectivity index is 3.40. The molecule has 0 fully saturated rings. The normalized spacial score (nSPS) is 13.6. The van der Waals surface area contributed by atoms with Gasteiger partial charge in [0, 0.05) is 5.56 Å². The van der Waals surface area contributed by atoms with Crippen LogP contribution in [0.2, 0.25) is 0 Å². The Labute approximate surface area is 182 Å². The van der Waals surface area contributed by atoms with Gasteiger partial charge in [-0.2, -0.15) is 26.3 Å². The molecular weight excluding hydrogens is 468 g/mol. The first-order chi connectivity index (χ1) is 15.1. The van der Waals surface area contributed by atoms with E-state index in [-0.39, 0.29) is 31.4 Å². The number of ether oxygens (including phenoxy) is 2. The molecule has 1 aromatic carbocycles. The summed E-state index contributed by atoms with van der Waals surface area (Å²) in [5.41, 5.74) is -4.77. The van der Waals surface area contributed by atoms with Crippen molar-refractivity contribution in [2.45, 2.75) is 38.7 Å². The number of hydrogen-bond acceptors (Lipinski definition) is 6. The molecule has 2 atom stereocenters. The van der Waals surface area contributed by atoms with Gasteiger partial charge in [0.2, 0.25) is 0 Å². The van der Waals surface area contributed by atoms with Gasteiger partial charge < -0.3 is 19.9 Å². The highest BCUT2D eigenvalue weighted by atomic mass is 19.4. The number of carboxylic acids is 1. The van der Waals surface area contributed by atoms with E-state index >= 15 is 0 Å². The summed E-state index contributed by atoms with van der Waals surface area (Å²) in [5, 5.41) is 11.1. The van der Waals surface area contributed by atoms with Crippen LogP contribution >= 0.6 is 0 Å². The highest BCUT2D eigenvalue weighted by Gasteiger charge is 2.40. The van der Waals surface area contributed by atoms with E-state index in [1.54, 1.807) is 5.32 Å². The van der Waals surface area contributed by atoms with Crippen LogP contribution in [0.5, 0.6) is 0 Å². The number of carbonyl (C=O) groups is 4. The second-order valence-corrected chi connectivity index (χ2v) is 6.45. The summed E-state index contributed by atoms with van der Waals surface area (Å²) in [4.78, 5) is 48.1. The summed E-state index contributed by atoms with van der Waals surface area (Å²) >= 11 is 0. The number of nitrogens with one attached hydrogen (secondary N) is 1. The van der Waals surface area contributed by atoms with Crippen molar-refractivity contribution in [2.24, 2.45) is 5.92 Å². The second-order valence-electron chi connectivity index (χ2n) is 6.45. The Kier molecular flexibility index (Phi) is 9.24. The summed E-state index contributed by atoms with van der Waals surface area (Å²) in [6, 6.07) is -2.26. The number of halogens is 6. The Morgan fingerprint density at radius 2 is 1.39 bits per heavy atom. The van der Waals surface area contributed by atoms with E-state index < -0.39 is 71.2 Å². The van der Waals surface area contributed by atoms with E-state index in [0.717, 1.165) is 0 Å². The first-order valence-corrected chi connectivity index (χ1v) is 9.27. The monoisotopic (exact) mass is 487 g/mol. The van der Waals surface area contributed by atoms with Crippen LogP contribution in [-0.4, -0.2) is 48.2 Å². The van der Waals surface area contributed by atoms with E-state index in [1.807, 2.05) is 0 Å². The lowest BCUT2D eigenvalue weighted by atomic mass is 9.95. The molecule has 0 heterocycles. The molecule has 0 radical (unpaired) electrons. The van der Waals surface area contributed by atoms with Gasteiger partial charge >= 0.3 is 30.3 Å². The van der Waals surface area contributed by atoms with E-state index in [1.165, 1.54) is 13.8 Å². The zero-order chi connectivity index (χ0) is 25.6. The van der Waals surface area contributed by atoms with E-state index in [4.69, 9.17) is 0 Å². The molecule has 0 bridgehead atoms. The predicted molar refractivity (Wildman–Crippen MR) is 96.7 cm³/mol. The lowest BCUT2D eigenvalue weighted by Crippen LogP contribution is -2.49. The van der Waals surface area contributed by atoms with Gasteiger partial charge in [-0.3, -0.25) is 14.4 Å². The number of rotatable bonds is 9. The maximum Gasteiger partial charge on any atom is 0.416 e. The van der Waals surface area contributed by atoms with Crippen molar-refractivity contribution >= 4 is 23.8 Å². The van der Waals surface area contributed by atoms with Crippen molar-refractivity contribution in [1.29, 1.82) is 0 Å². The molecule has 1 amide bonds. The molecule has 0 saturated carbocycles. The Morgan fingerprint density at radius 1 is 0.909 bits per heavy atom. The number of benzene rings is 1. The van der Waals surface area contributed by atoms with Crippen LogP contribution in [0, 0.1) is 5.92 Å². The van der Waals surface area contributed by atoms with E-state index in [9.17, 15) is 50.6 Å². The predicted octanol–water partition coefficient (Wildman–Crippen LogP) is 3.04. The molecular formula is C19H19F6NO7. The Bertz CT molecular complexity index is 865. The zero-order valence-corrected chi connectivity index (χ0v) is 17.2. The molecule has 8 nitrogen and oxygen atoms in total. The third-order valence-corrected chi connectivity index (χ3v) is 4.09. The van der Waals surface area contributed by atoms with Crippen molar-refractivity contribution in [3.05, 3.63) is 34.9 Å². The van der Waals surface area contributed by atoms with Crippen LogP contribution in [0.25, 0.3) is 0 Å². The number of esters is 2. The first kappa shape index (κ1) is 27.7. The largest absolute Gasteiger partial charge is 0.480 e. The minimum Gasteiger partial charge on any atom is -0.480 e. The third kappa shape index (κ3) is 7.95. The number of carboxylic acid groups (broad SMARTS) is 1. The van der Waals surface area contributed by atoms with Crippen LogP contribution in [0.1, 0.15) is 41.8 Å². The highest BCUT2D eigenvalue weighted by Crippen LogP contribution is 2.36. The molecule has 0 aromatic heterocycles. The number of aliphatic carboxylic acids is 1. The van der Waals surface area contributed by atoms with Crippen LogP contribution in [0.3, 0.4) is 0 Å². The maximum atomic E-state index is 13.0. The molecule has 33 heavy (non-hydrogen) atoms. The van der Waals surface area contributed by atoms with E-state index in [0.29, 0.717) is 0 Å². The van der Waals surface area contributed by atoms with Gasteiger partial charge in [-0.15, -0.1) is 0 Å². The van der Waals surface area contributed by atoms with Crippen molar-refractivity contribution in [3.63, 3.8) is 0 Å². The van der Waals surface area contributed by atoms with Crippen molar-refractivity contribution in [1.82, 2.24) is 5.32 Å². The fraction of sp³-hybridized carbons (Fsp3) is 0.474. The van der Waals surface area contributed by atoms with Gasteiger partial charge in [0.25, 0.3) is 5.91 Å². The van der Waals surface area contributed by atoms with Gasteiger partial charge in [-0.05, 0) is 32.0 Å². The summed E-state index contributed by atoms with van der Waals surface area (Å²) in [6.07, 6.45) is -11.4. The maximum absolute atomic E-state index is 13.0. The minimum atomic E-state index is -5.25. The fourth-order valence-electron chi connectivity index (χ4n) is 2.63. The summed E-state index contributed by atoms with van der Waals surface area (Å²) < 4.78 is 87.4. The molecule has 0 unspecified atom stereocenters. The minimum absolute atomic E-state index is 0.0915. The quantitative estimate of drug-likeness (QED) is 0.406. The molecule has 1 rings (SSSR count). The lowest BCUT2D eigenvalue weighted by Gasteiger charge is -2.23. The summed E-state index contributed by atoms with van der Waals surface area (Å²) in [6.45, 7) is 2.39. The molecule has 14 heteroatoms. The molecule has 184 valence electrons. The summed E-state index contributed by atoms with van der Waals surface area (Å²) in [7, 11) is 0. The van der Waals surface area contributed by atoms with E-state index in [2.05, 4.69) is 9.47 Å². The van der Waals surface area contributed by atoms with Gasteiger partial charge in [0.1, 0.15) is 6.04 Å². The topological polar surface area (TPSA) is 119 Å². The zero-order valence-electron chi connectivity index (χ0n) is 17.2. The number of hydrogen-bond donors (Lipinski definition) is 2. The molecule has 0 saturated heterocycles. The number of alkyl halides is 6.